The molecule has 10 rings (SSSR count). The maximum absolute atomic E-state index is 13.0. The lowest BCUT2D eigenvalue weighted by Crippen LogP contribution is -2.37. The van der Waals surface area contributed by atoms with Gasteiger partial charge in [-0.1, -0.05) is 51.0 Å². The lowest BCUT2D eigenvalue weighted by molar-refractivity contribution is 0.0295. The van der Waals surface area contributed by atoms with Gasteiger partial charge in [-0.25, -0.2) is 29.1 Å². The molecule has 0 spiro atoms. The van der Waals surface area contributed by atoms with Crippen molar-refractivity contribution in [1.29, 1.82) is 0 Å². The van der Waals surface area contributed by atoms with Gasteiger partial charge in [-0.3, -0.25) is 0 Å². The molecule has 6 aliphatic rings. The number of rotatable bonds is 10. The highest BCUT2D eigenvalue weighted by atomic mass is 16.6. The molecule has 0 saturated carbocycles. The van der Waals surface area contributed by atoms with Gasteiger partial charge in [0.25, 0.3) is 0 Å². The number of carbonyl (C=O) groups is 4. The zero-order valence-electron chi connectivity index (χ0n) is 50.1. The van der Waals surface area contributed by atoms with Gasteiger partial charge in [0.1, 0.15) is 22.8 Å². The Morgan fingerprint density at radius 3 is 1.29 bits per heavy atom. The Hall–Kier alpha value is -7.18. The second-order valence-electron chi connectivity index (χ2n) is 24.5. The number of likely N-dealkylation sites (tertiary alicyclic amines) is 2. The highest BCUT2D eigenvalue weighted by molar-refractivity contribution is 5.92. The minimum Gasteiger partial charge on any atom is -0.444 e. The fourth-order valence-corrected chi connectivity index (χ4v) is 11.1. The first-order chi connectivity index (χ1) is 39.2. The number of urea groups is 2. The van der Waals surface area contributed by atoms with E-state index in [-0.39, 0.29) is 24.2 Å². The summed E-state index contributed by atoms with van der Waals surface area (Å²) in [6.45, 7) is 30.6. The fourth-order valence-electron chi connectivity index (χ4n) is 11.1. The number of nitrogens with one attached hydrogen (secondary N) is 2. The molecule has 6 aliphatic heterocycles. The van der Waals surface area contributed by atoms with E-state index in [1.165, 1.54) is 0 Å². The monoisotopic (exact) mass is 1120 g/mol. The molecule has 2 aromatic heterocycles. The number of benzene rings is 2. The molecule has 4 fully saturated rings. The van der Waals surface area contributed by atoms with Crippen LogP contribution in [0.4, 0.5) is 42.2 Å². The number of aryl methyl sites for hydroxylation is 2. The average molecular weight is 1120 g/mol. The molecule has 0 unspecified atom stereocenters. The fraction of sp³-hybridized carbons (Fsp3) is 0.531. The summed E-state index contributed by atoms with van der Waals surface area (Å²) >= 11 is 0. The van der Waals surface area contributed by atoms with Crippen LogP contribution in [0.15, 0.2) is 72.8 Å². The van der Waals surface area contributed by atoms with E-state index < -0.39 is 11.2 Å². The van der Waals surface area contributed by atoms with Crippen LogP contribution in [0.2, 0.25) is 0 Å². The lowest BCUT2D eigenvalue weighted by Gasteiger charge is -2.29. The molecule has 4 aromatic rings. The van der Waals surface area contributed by atoms with Gasteiger partial charge < -0.3 is 59.0 Å². The van der Waals surface area contributed by atoms with E-state index >= 15 is 0 Å². The van der Waals surface area contributed by atoms with Crippen LogP contribution >= 0.6 is 0 Å². The number of amides is 6. The van der Waals surface area contributed by atoms with Gasteiger partial charge in [0.2, 0.25) is 0 Å². The number of hydrogen-bond acceptors (Lipinski definition) is 12. The maximum atomic E-state index is 13.0. The molecule has 18 nitrogen and oxygen atoms in total. The average Bonchev–Trinajstić information content (AvgIpc) is 4.30. The van der Waals surface area contributed by atoms with E-state index in [0.29, 0.717) is 64.4 Å². The van der Waals surface area contributed by atoms with Crippen LogP contribution < -0.4 is 20.4 Å². The predicted octanol–water partition coefficient (Wildman–Crippen LogP) is 11.6. The lowest BCUT2D eigenvalue weighted by atomic mass is 9.98. The number of morpholine rings is 2. The van der Waals surface area contributed by atoms with E-state index in [4.69, 9.17) is 28.9 Å². The first-order valence-corrected chi connectivity index (χ1v) is 29.6. The Morgan fingerprint density at radius 2 is 0.939 bits per heavy atom. The van der Waals surface area contributed by atoms with Crippen molar-refractivity contribution in [2.75, 3.05) is 125 Å². The van der Waals surface area contributed by atoms with Crippen LogP contribution in [0, 0.1) is 25.7 Å². The van der Waals surface area contributed by atoms with Gasteiger partial charge in [0, 0.05) is 76.8 Å². The van der Waals surface area contributed by atoms with Crippen molar-refractivity contribution in [2.45, 2.75) is 106 Å². The summed E-state index contributed by atoms with van der Waals surface area (Å²) in [5, 5.41) is 6.25. The molecule has 2 atom stereocenters. The highest BCUT2D eigenvalue weighted by Gasteiger charge is 2.31. The van der Waals surface area contributed by atoms with Crippen molar-refractivity contribution in [3.05, 3.63) is 95.3 Å². The van der Waals surface area contributed by atoms with Crippen LogP contribution in [0.25, 0.3) is 33.4 Å². The normalized spacial score (nSPS) is 19.4. The topological polar surface area (TPSA) is 174 Å². The third-order valence-electron chi connectivity index (χ3n) is 16.0. The molecule has 4 saturated heterocycles. The van der Waals surface area contributed by atoms with Crippen LogP contribution in [0.5, 0.6) is 0 Å². The molecule has 0 aliphatic carbocycles. The first kappa shape index (κ1) is 59.4. The highest BCUT2D eigenvalue weighted by Crippen LogP contribution is 2.36. The summed E-state index contributed by atoms with van der Waals surface area (Å²) < 4.78 is 22.4. The van der Waals surface area contributed by atoms with Crippen molar-refractivity contribution >= 4 is 58.4 Å². The van der Waals surface area contributed by atoms with Gasteiger partial charge >= 0.3 is 24.2 Å². The number of nitrogens with zero attached hydrogens (tertiary/aromatic N) is 8. The predicted molar refractivity (Wildman–Crippen MR) is 324 cm³/mol. The number of carbonyl (C=O) groups excluding carboxylic acids is 4. The van der Waals surface area contributed by atoms with E-state index in [2.05, 4.69) is 109 Å². The van der Waals surface area contributed by atoms with Crippen molar-refractivity contribution in [1.82, 2.24) is 29.6 Å². The SMILES string of the molecule is CC[C@@H]1CCN(C(=O)Nc2ccc(C)c(-c3cc(C4=CCN(C(=O)OC(C)(C)C)C4)nc(N4CCOCC4)c3)c2)C1.CC[C@@H]1CCN(C(=O)Nc2ccc(C)c(-c3cc(C4=CCN(C(=O)OC(C)(C)C)C4)nc(N4CCOCC4)c3)c2)C1. The summed E-state index contributed by atoms with van der Waals surface area (Å²) in [5.41, 5.74) is 10.5. The van der Waals surface area contributed by atoms with Gasteiger partial charge in [0.15, 0.2) is 0 Å². The molecule has 82 heavy (non-hydrogen) atoms. The summed E-state index contributed by atoms with van der Waals surface area (Å²) in [5.74, 6) is 2.93. The van der Waals surface area contributed by atoms with E-state index in [1.54, 1.807) is 9.80 Å². The van der Waals surface area contributed by atoms with Crippen LogP contribution in [0.1, 0.15) is 104 Å². The third-order valence-corrected chi connectivity index (χ3v) is 16.0. The minimum absolute atomic E-state index is 0.0430. The Balaban J connectivity index is 0.000000198. The third kappa shape index (κ3) is 15.3. The second kappa shape index (κ2) is 25.9. The maximum Gasteiger partial charge on any atom is 0.410 e. The number of hydrogen-bond donors (Lipinski definition) is 2. The summed E-state index contributed by atoms with van der Waals surface area (Å²) in [6.07, 6.45) is 7.79. The van der Waals surface area contributed by atoms with Crippen molar-refractivity contribution in [3.8, 4) is 22.3 Å². The van der Waals surface area contributed by atoms with E-state index in [9.17, 15) is 19.2 Å². The van der Waals surface area contributed by atoms with Crippen LogP contribution in [0.3, 0.4) is 0 Å². The standard InChI is InChI=1S/2C32H43N5O4/c2*1-6-23-9-11-36(20-23)30(38)33-26-8-7-22(2)27(19-26)25-17-28(34-29(18-25)35-13-15-40-16-14-35)24-10-12-37(21-24)31(39)41-32(3,4)5/h2*7-8,10,17-19,23H,6,9,11-16,20-21H2,1-5H3,(H,33,38)/t2*23-/m11/s1. The molecule has 8 heterocycles. The Morgan fingerprint density at radius 1 is 0.549 bits per heavy atom. The number of anilines is 4. The molecule has 2 aromatic carbocycles. The molecule has 18 heteroatoms. The first-order valence-electron chi connectivity index (χ1n) is 29.6. The summed E-state index contributed by atoms with van der Waals surface area (Å²) in [7, 11) is 0. The molecule has 6 amide bonds. The number of pyridine rings is 2. The van der Waals surface area contributed by atoms with Crippen molar-refractivity contribution in [3.63, 3.8) is 0 Å². The molecular weight excluding hydrogens is 1040 g/mol. The van der Waals surface area contributed by atoms with Crippen LogP contribution in [-0.4, -0.2) is 170 Å². The van der Waals surface area contributed by atoms with Gasteiger partial charge in [-0.15, -0.1) is 0 Å². The Kier molecular flexibility index (Phi) is 18.8. The zero-order chi connectivity index (χ0) is 58.3. The molecule has 440 valence electrons. The van der Waals surface area contributed by atoms with Crippen molar-refractivity contribution in [2.24, 2.45) is 11.8 Å². The Labute approximate surface area is 485 Å². The number of aromatic nitrogens is 2. The minimum atomic E-state index is -0.550. The molecule has 0 radical (unpaired) electrons. The van der Waals surface area contributed by atoms with Crippen LogP contribution in [-0.2, 0) is 18.9 Å². The summed E-state index contributed by atoms with van der Waals surface area (Å²) in [4.78, 5) is 73.3. The molecule has 2 N–H and O–H groups in total. The largest absolute Gasteiger partial charge is 0.444 e. The van der Waals surface area contributed by atoms with Gasteiger partial charge in [-0.2, -0.15) is 0 Å². The smallest absolute Gasteiger partial charge is 0.410 e. The second-order valence-corrected chi connectivity index (χ2v) is 24.5. The van der Waals surface area contributed by atoms with E-state index in [0.717, 1.165) is 157 Å². The number of ether oxygens (including phenoxy) is 4. The molecular formula is C64H86N10O8. The summed E-state index contributed by atoms with van der Waals surface area (Å²) in [6, 6.07) is 20.5. The quantitative estimate of drug-likeness (QED) is 0.154. The molecule has 0 bridgehead atoms. The van der Waals surface area contributed by atoms with Crippen molar-refractivity contribution < 1.29 is 38.1 Å². The zero-order valence-corrected chi connectivity index (χ0v) is 50.1. The van der Waals surface area contributed by atoms with E-state index in [1.807, 2.05) is 63.5 Å². The van der Waals surface area contributed by atoms with Gasteiger partial charge in [0.05, 0.1) is 50.9 Å². The van der Waals surface area contributed by atoms with Gasteiger partial charge in [-0.05, 0) is 173 Å². The Bertz CT molecular complexity index is 2820.